The first-order valence-electron chi connectivity index (χ1n) is 8.39. The Kier molecular flexibility index (Phi) is 3.86. The Balaban J connectivity index is 2.70. The van der Waals surface area contributed by atoms with Gasteiger partial charge in [-0.05, 0) is 45.2 Å². The molecule has 3 aromatic rings. The zero-order chi connectivity index (χ0) is 18.6. The zero-order valence-corrected chi connectivity index (χ0v) is 15.1. The number of aromatic carboxylic acids is 2. The summed E-state index contributed by atoms with van der Waals surface area (Å²) in [6.07, 6.45) is 0.675. The van der Waals surface area contributed by atoms with E-state index in [1.807, 2.05) is 32.3 Å². The Bertz CT molecular complexity index is 1050. The number of carboxylic acid groups (broad SMARTS) is 2. The fraction of sp³-hybridized carbons (Fsp3) is 0.368. The fourth-order valence-electron chi connectivity index (χ4n) is 4.16. The standard InChI is InChI=1S/C19H22N2O4/c1-6-11-16-12(9(4)15(20-16)19(24)25)8(3)13-14(18(22)23)10(5)21(7-2)17(11)13/h20H,6-7H2,1-5H3,(H,22,23)(H,24,25). The number of fused-ring (bicyclic) bond motifs is 2. The number of carboxylic acids is 2. The molecule has 6 heteroatoms. The van der Waals surface area contributed by atoms with Crippen LogP contribution in [-0.2, 0) is 13.0 Å². The molecule has 0 bridgehead atoms. The number of hydrogen-bond donors (Lipinski definition) is 3. The van der Waals surface area contributed by atoms with Crippen LogP contribution in [0.1, 0.15) is 57.1 Å². The molecule has 6 nitrogen and oxygen atoms in total. The molecule has 1 aromatic carbocycles. The molecule has 25 heavy (non-hydrogen) atoms. The molecule has 3 N–H and O–H groups in total. The van der Waals surface area contributed by atoms with Gasteiger partial charge in [-0.1, -0.05) is 6.92 Å². The highest BCUT2D eigenvalue weighted by atomic mass is 16.4. The van der Waals surface area contributed by atoms with E-state index < -0.39 is 11.9 Å². The lowest BCUT2D eigenvalue weighted by atomic mass is 9.95. The quantitative estimate of drug-likeness (QED) is 0.667. The first-order valence-corrected chi connectivity index (χ1v) is 8.39. The minimum absolute atomic E-state index is 0.164. The lowest BCUT2D eigenvalue weighted by molar-refractivity contribution is 0.0683. The Morgan fingerprint density at radius 2 is 1.64 bits per heavy atom. The van der Waals surface area contributed by atoms with E-state index >= 15 is 0 Å². The number of aryl methyl sites for hydroxylation is 4. The van der Waals surface area contributed by atoms with E-state index in [4.69, 9.17) is 0 Å². The van der Waals surface area contributed by atoms with Crippen molar-refractivity contribution in [3.63, 3.8) is 0 Å². The first kappa shape index (κ1) is 17.1. The van der Waals surface area contributed by atoms with Gasteiger partial charge < -0.3 is 19.8 Å². The summed E-state index contributed by atoms with van der Waals surface area (Å²) >= 11 is 0. The molecular weight excluding hydrogens is 320 g/mol. The fourth-order valence-corrected chi connectivity index (χ4v) is 4.16. The van der Waals surface area contributed by atoms with Gasteiger partial charge in [0.05, 0.1) is 16.6 Å². The molecule has 132 valence electrons. The van der Waals surface area contributed by atoms with Crippen LogP contribution in [0.15, 0.2) is 0 Å². The minimum Gasteiger partial charge on any atom is -0.478 e. The van der Waals surface area contributed by atoms with E-state index in [0.717, 1.165) is 38.6 Å². The summed E-state index contributed by atoms with van der Waals surface area (Å²) in [6, 6.07) is 0. The highest BCUT2D eigenvalue weighted by Gasteiger charge is 2.27. The number of nitrogens with zero attached hydrogens (tertiary/aromatic N) is 1. The van der Waals surface area contributed by atoms with Gasteiger partial charge >= 0.3 is 11.9 Å². The van der Waals surface area contributed by atoms with Crippen LogP contribution >= 0.6 is 0 Å². The van der Waals surface area contributed by atoms with Crippen molar-refractivity contribution in [1.29, 1.82) is 0 Å². The second kappa shape index (κ2) is 5.65. The number of carbonyl (C=O) groups is 2. The smallest absolute Gasteiger partial charge is 0.352 e. The van der Waals surface area contributed by atoms with Gasteiger partial charge in [-0.2, -0.15) is 0 Å². The lowest BCUT2D eigenvalue weighted by Crippen LogP contribution is -2.02. The van der Waals surface area contributed by atoms with E-state index in [0.29, 0.717) is 24.1 Å². The zero-order valence-electron chi connectivity index (χ0n) is 15.1. The molecular formula is C19H22N2O4. The van der Waals surface area contributed by atoms with Crippen molar-refractivity contribution in [2.24, 2.45) is 0 Å². The van der Waals surface area contributed by atoms with E-state index in [-0.39, 0.29) is 5.69 Å². The van der Waals surface area contributed by atoms with Gasteiger partial charge in [0.25, 0.3) is 0 Å². The van der Waals surface area contributed by atoms with Crippen LogP contribution in [-0.4, -0.2) is 31.7 Å². The second-order valence-corrected chi connectivity index (χ2v) is 6.37. The van der Waals surface area contributed by atoms with Gasteiger partial charge in [0.15, 0.2) is 0 Å². The minimum atomic E-state index is -1.01. The molecule has 0 atom stereocenters. The van der Waals surface area contributed by atoms with Gasteiger partial charge in [-0.25, -0.2) is 9.59 Å². The number of aromatic amines is 1. The van der Waals surface area contributed by atoms with Crippen LogP contribution in [0.3, 0.4) is 0 Å². The van der Waals surface area contributed by atoms with E-state index in [1.165, 1.54) is 0 Å². The Labute approximate surface area is 145 Å². The van der Waals surface area contributed by atoms with Crippen LogP contribution < -0.4 is 0 Å². The Hall–Kier alpha value is -2.76. The van der Waals surface area contributed by atoms with Crippen molar-refractivity contribution >= 4 is 33.7 Å². The molecule has 0 aliphatic rings. The first-order chi connectivity index (χ1) is 11.8. The number of aromatic nitrogens is 2. The molecule has 0 spiro atoms. The van der Waals surface area contributed by atoms with Crippen LogP contribution in [0, 0.1) is 20.8 Å². The maximum Gasteiger partial charge on any atom is 0.352 e. The van der Waals surface area contributed by atoms with Crippen LogP contribution in [0.2, 0.25) is 0 Å². The van der Waals surface area contributed by atoms with Crippen molar-refractivity contribution < 1.29 is 19.8 Å². The molecule has 2 aromatic heterocycles. The number of nitrogens with one attached hydrogen (secondary N) is 1. The number of hydrogen-bond acceptors (Lipinski definition) is 2. The third-order valence-corrected chi connectivity index (χ3v) is 5.21. The summed E-state index contributed by atoms with van der Waals surface area (Å²) in [4.78, 5) is 26.6. The van der Waals surface area contributed by atoms with Gasteiger partial charge in [0, 0.05) is 28.6 Å². The second-order valence-electron chi connectivity index (χ2n) is 6.37. The lowest BCUT2D eigenvalue weighted by Gasteiger charge is -2.12. The van der Waals surface area contributed by atoms with E-state index in [9.17, 15) is 19.8 Å². The average molecular weight is 342 g/mol. The number of rotatable bonds is 4. The van der Waals surface area contributed by atoms with Gasteiger partial charge in [-0.3, -0.25) is 0 Å². The summed E-state index contributed by atoms with van der Waals surface area (Å²) in [5, 5.41) is 20.8. The summed E-state index contributed by atoms with van der Waals surface area (Å²) < 4.78 is 2.01. The monoisotopic (exact) mass is 342 g/mol. The SMILES string of the molecule is CCc1c2[nH]c(C(=O)O)c(C)c2c(C)c2c(C(=O)O)c(C)n(CC)c12. The molecule has 0 saturated carbocycles. The Morgan fingerprint density at radius 3 is 2.12 bits per heavy atom. The summed E-state index contributed by atoms with van der Waals surface area (Å²) in [7, 11) is 0. The Morgan fingerprint density at radius 1 is 1.00 bits per heavy atom. The van der Waals surface area contributed by atoms with Crippen LogP contribution in [0.25, 0.3) is 21.8 Å². The maximum absolute atomic E-state index is 11.9. The normalized spacial score (nSPS) is 11.6. The number of H-pyrrole nitrogens is 1. The predicted octanol–water partition coefficient (Wildman–Crippen LogP) is 4.03. The van der Waals surface area contributed by atoms with E-state index in [1.54, 1.807) is 6.92 Å². The summed E-state index contributed by atoms with van der Waals surface area (Å²) in [6.45, 7) is 10.1. The third-order valence-electron chi connectivity index (χ3n) is 5.21. The molecule has 0 aliphatic heterocycles. The highest BCUT2D eigenvalue weighted by Crippen LogP contribution is 2.39. The van der Waals surface area contributed by atoms with E-state index in [2.05, 4.69) is 4.98 Å². The van der Waals surface area contributed by atoms with Crippen molar-refractivity contribution in [3.8, 4) is 0 Å². The van der Waals surface area contributed by atoms with Crippen LogP contribution in [0.4, 0.5) is 0 Å². The van der Waals surface area contributed by atoms with Gasteiger partial charge in [0.2, 0.25) is 0 Å². The molecule has 0 aliphatic carbocycles. The largest absolute Gasteiger partial charge is 0.478 e. The van der Waals surface area contributed by atoms with Gasteiger partial charge in [0.1, 0.15) is 5.69 Å². The summed E-state index contributed by atoms with van der Waals surface area (Å²) in [5.41, 5.74) is 5.32. The molecule has 0 amide bonds. The molecule has 0 fully saturated rings. The molecule has 0 radical (unpaired) electrons. The molecule has 0 unspecified atom stereocenters. The van der Waals surface area contributed by atoms with Crippen molar-refractivity contribution in [1.82, 2.24) is 9.55 Å². The average Bonchev–Trinajstić information content (AvgIpc) is 3.03. The van der Waals surface area contributed by atoms with Crippen molar-refractivity contribution in [3.05, 3.63) is 33.6 Å². The molecule has 0 saturated heterocycles. The van der Waals surface area contributed by atoms with Gasteiger partial charge in [-0.15, -0.1) is 0 Å². The summed E-state index contributed by atoms with van der Waals surface area (Å²) in [5.74, 6) is -1.96. The highest BCUT2D eigenvalue weighted by molar-refractivity contribution is 6.15. The molecule has 2 heterocycles. The van der Waals surface area contributed by atoms with Crippen molar-refractivity contribution in [2.45, 2.75) is 47.6 Å². The topological polar surface area (TPSA) is 95.3 Å². The van der Waals surface area contributed by atoms with Crippen LogP contribution in [0.5, 0.6) is 0 Å². The molecule has 3 rings (SSSR count). The van der Waals surface area contributed by atoms with Crippen molar-refractivity contribution in [2.75, 3.05) is 0 Å². The third kappa shape index (κ3) is 2.10. The predicted molar refractivity (Wildman–Crippen MR) is 97.0 cm³/mol. The number of benzene rings is 1. The maximum atomic E-state index is 11.9.